The number of hydrogen-bond acceptors (Lipinski definition) is 5. The van der Waals surface area contributed by atoms with E-state index in [1.165, 1.54) is 0 Å². The molecule has 24 heavy (non-hydrogen) atoms. The Balaban J connectivity index is 1.31. The van der Waals surface area contributed by atoms with Crippen molar-refractivity contribution in [2.75, 3.05) is 31.1 Å². The van der Waals surface area contributed by atoms with Crippen LogP contribution in [0.15, 0.2) is 41.9 Å². The Morgan fingerprint density at radius 1 is 1.04 bits per heavy atom. The molecule has 1 saturated heterocycles. The SMILES string of the molecule is O[C@]1(c2cccs2)CC[C@H](N2CCN(c3ccccn3)CC2)CC1. The zero-order chi connectivity index (χ0) is 16.4. The topological polar surface area (TPSA) is 39.6 Å². The number of piperazine rings is 1. The maximum Gasteiger partial charge on any atom is 0.128 e. The minimum absolute atomic E-state index is 0.583. The van der Waals surface area contributed by atoms with E-state index in [0.29, 0.717) is 6.04 Å². The normalized spacial score (nSPS) is 28.9. The maximum atomic E-state index is 10.9. The molecule has 0 bridgehead atoms. The van der Waals surface area contributed by atoms with Crippen LogP contribution in [0.25, 0.3) is 0 Å². The Morgan fingerprint density at radius 3 is 2.46 bits per heavy atom. The molecule has 0 unspecified atom stereocenters. The molecule has 128 valence electrons. The van der Waals surface area contributed by atoms with Gasteiger partial charge in [-0.15, -0.1) is 11.3 Å². The maximum absolute atomic E-state index is 10.9. The molecule has 2 aromatic heterocycles. The largest absolute Gasteiger partial charge is 0.384 e. The number of aromatic nitrogens is 1. The Hall–Kier alpha value is -1.43. The second kappa shape index (κ2) is 6.82. The van der Waals surface area contributed by atoms with Crippen molar-refractivity contribution in [2.45, 2.75) is 37.3 Å². The molecule has 1 aliphatic heterocycles. The van der Waals surface area contributed by atoms with Crippen molar-refractivity contribution in [3.05, 3.63) is 46.8 Å². The summed E-state index contributed by atoms with van der Waals surface area (Å²) < 4.78 is 0. The fourth-order valence-corrected chi connectivity index (χ4v) is 4.98. The predicted molar refractivity (Wildman–Crippen MR) is 98.5 cm³/mol. The van der Waals surface area contributed by atoms with Gasteiger partial charge in [0, 0.05) is 43.3 Å². The van der Waals surface area contributed by atoms with Crippen LogP contribution in [-0.2, 0) is 5.60 Å². The fourth-order valence-electron chi connectivity index (χ4n) is 4.09. The summed E-state index contributed by atoms with van der Waals surface area (Å²) in [6, 6.07) is 10.9. The monoisotopic (exact) mass is 343 g/mol. The molecule has 0 atom stereocenters. The van der Waals surface area contributed by atoms with Crippen molar-refractivity contribution in [3.63, 3.8) is 0 Å². The molecule has 5 heteroatoms. The molecule has 4 nitrogen and oxygen atoms in total. The third-order valence-electron chi connectivity index (χ3n) is 5.57. The molecule has 3 heterocycles. The van der Waals surface area contributed by atoms with E-state index in [1.807, 2.05) is 18.3 Å². The minimum Gasteiger partial charge on any atom is -0.384 e. The summed E-state index contributed by atoms with van der Waals surface area (Å²) in [5, 5.41) is 13.0. The number of aliphatic hydroxyl groups is 1. The molecule has 1 saturated carbocycles. The van der Waals surface area contributed by atoms with Gasteiger partial charge in [0.25, 0.3) is 0 Å². The second-order valence-electron chi connectivity index (χ2n) is 6.95. The highest BCUT2D eigenvalue weighted by Gasteiger charge is 2.37. The van der Waals surface area contributed by atoms with E-state index in [1.54, 1.807) is 11.3 Å². The van der Waals surface area contributed by atoms with Gasteiger partial charge in [-0.05, 0) is 49.3 Å². The third-order valence-corrected chi connectivity index (χ3v) is 6.63. The molecular formula is C19H25N3OS. The van der Waals surface area contributed by atoms with Gasteiger partial charge in [-0.2, -0.15) is 0 Å². The van der Waals surface area contributed by atoms with E-state index in [4.69, 9.17) is 0 Å². The highest BCUT2D eigenvalue weighted by atomic mass is 32.1. The van der Waals surface area contributed by atoms with Gasteiger partial charge < -0.3 is 10.0 Å². The van der Waals surface area contributed by atoms with Crippen molar-refractivity contribution >= 4 is 17.2 Å². The number of nitrogens with zero attached hydrogens (tertiary/aromatic N) is 3. The lowest BCUT2D eigenvalue weighted by atomic mass is 9.80. The van der Waals surface area contributed by atoms with Gasteiger partial charge in [-0.3, -0.25) is 4.90 Å². The zero-order valence-corrected chi connectivity index (χ0v) is 14.8. The average Bonchev–Trinajstić information content (AvgIpc) is 3.19. The average molecular weight is 343 g/mol. The smallest absolute Gasteiger partial charge is 0.128 e. The fraction of sp³-hybridized carbons (Fsp3) is 0.526. The summed E-state index contributed by atoms with van der Waals surface area (Å²) in [4.78, 5) is 10.6. The van der Waals surface area contributed by atoms with Gasteiger partial charge in [0.2, 0.25) is 0 Å². The van der Waals surface area contributed by atoms with Gasteiger partial charge in [-0.1, -0.05) is 12.1 Å². The lowest BCUT2D eigenvalue weighted by molar-refractivity contribution is -0.0229. The van der Waals surface area contributed by atoms with Crippen LogP contribution in [0.2, 0.25) is 0 Å². The molecule has 0 amide bonds. The third kappa shape index (κ3) is 3.21. The molecule has 0 spiro atoms. The number of pyridine rings is 1. The molecule has 4 rings (SSSR count). The van der Waals surface area contributed by atoms with E-state index in [-0.39, 0.29) is 0 Å². The van der Waals surface area contributed by atoms with Crippen LogP contribution < -0.4 is 4.90 Å². The van der Waals surface area contributed by atoms with Crippen LogP contribution >= 0.6 is 11.3 Å². The number of thiophene rings is 1. The summed E-state index contributed by atoms with van der Waals surface area (Å²) in [5.74, 6) is 1.09. The van der Waals surface area contributed by atoms with Gasteiger partial charge in [0.1, 0.15) is 5.82 Å². The molecule has 0 aromatic carbocycles. The first kappa shape index (κ1) is 16.1. The summed E-state index contributed by atoms with van der Waals surface area (Å²) in [7, 11) is 0. The van der Waals surface area contributed by atoms with Crippen molar-refractivity contribution in [3.8, 4) is 0 Å². The van der Waals surface area contributed by atoms with Gasteiger partial charge in [-0.25, -0.2) is 4.98 Å². The van der Waals surface area contributed by atoms with Crippen LogP contribution in [0, 0.1) is 0 Å². The van der Waals surface area contributed by atoms with E-state index < -0.39 is 5.60 Å². The summed E-state index contributed by atoms with van der Waals surface area (Å²) >= 11 is 1.69. The van der Waals surface area contributed by atoms with Gasteiger partial charge in [0.05, 0.1) is 5.60 Å². The Bertz CT molecular complexity index is 630. The Labute approximate surface area is 147 Å². The first-order valence-electron chi connectivity index (χ1n) is 8.91. The van der Waals surface area contributed by atoms with Crippen LogP contribution in [0.1, 0.15) is 30.6 Å². The minimum atomic E-state index is -0.583. The zero-order valence-electron chi connectivity index (χ0n) is 14.0. The molecular weight excluding hydrogens is 318 g/mol. The quantitative estimate of drug-likeness (QED) is 0.930. The number of hydrogen-bond donors (Lipinski definition) is 1. The summed E-state index contributed by atoms with van der Waals surface area (Å²) in [6.45, 7) is 4.28. The van der Waals surface area contributed by atoms with Crippen molar-refractivity contribution in [1.82, 2.24) is 9.88 Å². The molecule has 0 radical (unpaired) electrons. The van der Waals surface area contributed by atoms with Crippen molar-refractivity contribution < 1.29 is 5.11 Å². The van der Waals surface area contributed by atoms with Crippen LogP contribution in [-0.4, -0.2) is 47.2 Å². The van der Waals surface area contributed by atoms with Crippen LogP contribution in [0.4, 0.5) is 5.82 Å². The molecule has 1 N–H and O–H groups in total. The first-order chi connectivity index (χ1) is 11.7. The van der Waals surface area contributed by atoms with Crippen LogP contribution in [0.5, 0.6) is 0 Å². The lowest BCUT2D eigenvalue weighted by Gasteiger charge is -2.44. The van der Waals surface area contributed by atoms with Crippen molar-refractivity contribution in [1.29, 1.82) is 0 Å². The summed E-state index contributed by atoms with van der Waals surface area (Å²) in [6.07, 6.45) is 5.83. The Morgan fingerprint density at radius 2 is 1.83 bits per heavy atom. The molecule has 2 fully saturated rings. The second-order valence-corrected chi connectivity index (χ2v) is 7.90. The molecule has 2 aliphatic rings. The van der Waals surface area contributed by atoms with E-state index in [2.05, 4.69) is 38.4 Å². The highest BCUT2D eigenvalue weighted by molar-refractivity contribution is 7.10. The van der Waals surface area contributed by atoms with Gasteiger partial charge in [0.15, 0.2) is 0 Å². The standard InChI is InChI=1S/C19H25N3OS/c23-19(17-4-3-15-24-17)8-6-16(7-9-19)21-11-13-22(14-12-21)18-5-1-2-10-20-18/h1-5,10,15-16,23H,6-9,11-14H2/t16-,19+. The van der Waals surface area contributed by atoms with Crippen LogP contribution in [0.3, 0.4) is 0 Å². The highest BCUT2D eigenvalue weighted by Crippen LogP contribution is 2.40. The summed E-state index contributed by atoms with van der Waals surface area (Å²) in [5.41, 5.74) is -0.583. The number of rotatable bonds is 3. The van der Waals surface area contributed by atoms with Crippen molar-refractivity contribution in [2.24, 2.45) is 0 Å². The predicted octanol–water partition coefficient (Wildman–Crippen LogP) is 3.10. The molecule has 1 aliphatic carbocycles. The van der Waals surface area contributed by atoms with E-state index in [0.717, 1.165) is 62.6 Å². The first-order valence-corrected chi connectivity index (χ1v) is 9.79. The Kier molecular flexibility index (Phi) is 4.57. The van der Waals surface area contributed by atoms with E-state index in [9.17, 15) is 5.11 Å². The van der Waals surface area contributed by atoms with Gasteiger partial charge >= 0.3 is 0 Å². The number of anilines is 1. The molecule has 2 aromatic rings. The van der Waals surface area contributed by atoms with E-state index >= 15 is 0 Å². The lowest BCUT2D eigenvalue weighted by Crippen LogP contribution is -2.52.